The summed E-state index contributed by atoms with van der Waals surface area (Å²) in [6, 6.07) is 7.99. The van der Waals surface area contributed by atoms with Gasteiger partial charge in [0.1, 0.15) is 11.8 Å². The fourth-order valence-electron chi connectivity index (χ4n) is 2.26. The fourth-order valence-corrected chi connectivity index (χ4v) is 2.26. The van der Waals surface area contributed by atoms with Gasteiger partial charge in [0.15, 0.2) is 0 Å². The summed E-state index contributed by atoms with van der Waals surface area (Å²) in [7, 11) is 1.92. The first kappa shape index (κ1) is 11.0. The van der Waals surface area contributed by atoms with E-state index < -0.39 is 0 Å². The van der Waals surface area contributed by atoms with Crippen LogP contribution in [0.25, 0.3) is 22.2 Å². The van der Waals surface area contributed by atoms with E-state index in [9.17, 15) is 0 Å². The van der Waals surface area contributed by atoms with Crippen molar-refractivity contribution in [3.63, 3.8) is 0 Å². The highest BCUT2D eigenvalue weighted by Crippen LogP contribution is 2.31. The van der Waals surface area contributed by atoms with Gasteiger partial charge in [0, 0.05) is 24.2 Å². The number of fused-ring (bicyclic) bond motifs is 1. The van der Waals surface area contributed by atoms with Gasteiger partial charge in [0.2, 0.25) is 0 Å². The van der Waals surface area contributed by atoms with E-state index in [1.54, 1.807) is 6.26 Å². The van der Waals surface area contributed by atoms with Gasteiger partial charge < -0.3 is 10.2 Å². The van der Waals surface area contributed by atoms with Crippen LogP contribution < -0.4 is 5.73 Å². The van der Waals surface area contributed by atoms with E-state index in [0.717, 1.165) is 34.2 Å². The molecule has 2 aromatic heterocycles. The highest BCUT2D eigenvalue weighted by atomic mass is 16.3. The standard InChI is InChI=1S/C14H15N3O/c1-17-8-10(6-7-15)14(16-17)12-9-18-13-5-3-2-4-11(12)13/h2-5,8-9H,6-7,15H2,1H3. The van der Waals surface area contributed by atoms with Gasteiger partial charge in [-0.05, 0) is 24.6 Å². The van der Waals surface area contributed by atoms with Crippen LogP contribution in [0.5, 0.6) is 0 Å². The second kappa shape index (κ2) is 4.31. The Kier molecular flexibility index (Phi) is 2.64. The van der Waals surface area contributed by atoms with Crippen molar-refractivity contribution in [2.45, 2.75) is 6.42 Å². The number of hydrogen-bond donors (Lipinski definition) is 1. The molecule has 0 atom stereocenters. The molecule has 0 saturated heterocycles. The number of aryl methyl sites for hydroxylation is 1. The van der Waals surface area contributed by atoms with Gasteiger partial charge in [-0.15, -0.1) is 0 Å². The number of nitrogens with two attached hydrogens (primary N) is 1. The maximum atomic E-state index is 5.64. The molecule has 2 heterocycles. The Balaban J connectivity index is 2.19. The predicted molar refractivity (Wildman–Crippen MR) is 71.2 cm³/mol. The number of para-hydroxylation sites is 1. The lowest BCUT2D eigenvalue weighted by Crippen LogP contribution is -2.02. The van der Waals surface area contributed by atoms with Crippen LogP contribution in [0.3, 0.4) is 0 Å². The van der Waals surface area contributed by atoms with Crippen molar-refractivity contribution in [1.29, 1.82) is 0 Å². The first-order valence-corrected chi connectivity index (χ1v) is 5.99. The maximum Gasteiger partial charge on any atom is 0.134 e. The van der Waals surface area contributed by atoms with Crippen molar-refractivity contribution < 1.29 is 4.42 Å². The van der Waals surface area contributed by atoms with Gasteiger partial charge in [-0.25, -0.2) is 0 Å². The summed E-state index contributed by atoms with van der Waals surface area (Å²) >= 11 is 0. The highest BCUT2D eigenvalue weighted by molar-refractivity contribution is 5.93. The summed E-state index contributed by atoms with van der Waals surface area (Å²) < 4.78 is 7.39. The molecule has 0 unspecified atom stereocenters. The summed E-state index contributed by atoms with van der Waals surface area (Å²) in [5.74, 6) is 0. The summed E-state index contributed by atoms with van der Waals surface area (Å²) in [4.78, 5) is 0. The molecule has 0 fully saturated rings. The quantitative estimate of drug-likeness (QED) is 0.765. The molecule has 18 heavy (non-hydrogen) atoms. The van der Waals surface area contributed by atoms with Crippen LogP contribution in [0.1, 0.15) is 5.56 Å². The number of nitrogens with zero attached hydrogens (tertiary/aromatic N) is 2. The van der Waals surface area contributed by atoms with Crippen molar-refractivity contribution in [2.75, 3.05) is 6.54 Å². The lowest BCUT2D eigenvalue weighted by atomic mass is 10.1. The van der Waals surface area contributed by atoms with E-state index in [4.69, 9.17) is 10.2 Å². The second-order valence-corrected chi connectivity index (χ2v) is 4.36. The zero-order chi connectivity index (χ0) is 12.5. The molecule has 0 spiro atoms. The molecule has 92 valence electrons. The van der Waals surface area contributed by atoms with Crippen LogP contribution in [0, 0.1) is 0 Å². The van der Waals surface area contributed by atoms with E-state index in [0.29, 0.717) is 6.54 Å². The van der Waals surface area contributed by atoms with Crippen LogP contribution in [0.2, 0.25) is 0 Å². The fraction of sp³-hybridized carbons (Fsp3) is 0.214. The molecular weight excluding hydrogens is 226 g/mol. The molecule has 0 amide bonds. The molecule has 3 aromatic rings. The Morgan fingerprint density at radius 2 is 2.17 bits per heavy atom. The van der Waals surface area contributed by atoms with Crippen molar-refractivity contribution in [2.24, 2.45) is 12.8 Å². The third-order valence-electron chi connectivity index (χ3n) is 3.05. The van der Waals surface area contributed by atoms with Crippen molar-refractivity contribution in [3.05, 3.63) is 42.3 Å². The largest absolute Gasteiger partial charge is 0.464 e. The maximum absolute atomic E-state index is 5.64. The minimum atomic E-state index is 0.620. The van der Waals surface area contributed by atoms with Gasteiger partial charge in [0.25, 0.3) is 0 Å². The molecule has 0 bridgehead atoms. The predicted octanol–water partition coefficient (Wildman–Crippen LogP) is 2.33. The third-order valence-corrected chi connectivity index (χ3v) is 3.05. The molecule has 0 aliphatic carbocycles. The summed E-state index contributed by atoms with van der Waals surface area (Å²) in [6.45, 7) is 0.620. The van der Waals surface area contributed by atoms with E-state index in [1.807, 2.05) is 36.1 Å². The molecule has 0 radical (unpaired) electrons. The Hall–Kier alpha value is -2.07. The average Bonchev–Trinajstić information content (AvgIpc) is 2.93. The average molecular weight is 241 g/mol. The van der Waals surface area contributed by atoms with Gasteiger partial charge in [-0.2, -0.15) is 5.10 Å². The second-order valence-electron chi connectivity index (χ2n) is 4.36. The Labute approximate surface area is 105 Å². The van der Waals surface area contributed by atoms with Crippen LogP contribution in [-0.2, 0) is 13.5 Å². The topological polar surface area (TPSA) is 57.0 Å². The Bertz CT molecular complexity index is 681. The smallest absolute Gasteiger partial charge is 0.134 e. The molecule has 3 rings (SSSR count). The third kappa shape index (κ3) is 1.71. The van der Waals surface area contributed by atoms with E-state index in [-0.39, 0.29) is 0 Å². The minimum Gasteiger partial charge on any atom is -0.464 e. The van der Waals surface area contributed by atoms with E-state index in [2.05, 4.69) is 11.2 Å². The zero-order valence-electron chi connectivity index (χ0n) is 10.3. The first-order valence-electron chi connectivity index (χ1n) is 5.99. The van der Waals surface area contributed by atoms with Crippen LogP contribution in [0.15, 0.2) is 41.1 Å². The molecule has 0 aliphatic rings. The normalized spacial score (nSPS) is 11.2. The number of aromatic nitrogens is 2. The molecule has 2 N–H and O–H groups in total. The monoisotopic (exact) mass is 241 g/mol. The Morgan fingerprint density at radius 1 is 1.33 bits per heavy atom. The van der Waals surface area contributed by atoms with Gasteiger partial charge in [-0.3, -0.25) is 4.68 Å². The zero-order valence-corrected chi connectivity index (χ0v) is 10.3. The first-order chi connectivity index (χ1) is 8.79. The lowest BCUT2D eigenvalue weighted by Gasteiger charge is -1.98. The molecule has 4 nitrogen and oxygen atoms in total. The summed E-state index contributed by atoms with van der Waals surface area (Å²) in [5.41, 5.74) is 9.69. The number of rotatable bonds is 3. The minimum absolute atomic E-state index is 0.620. The Morgan fingerprint density at radius 3 is 3.00 bits per heavy atom. The molecule has 0 saturated carbocycles. The SMILES string of the molecule is Cn1cc(CCN)c(-c2coc3ccccc23)n1. The number of benzene rings is 1. The van der Waals surface area contributed by atoms with Crippen molar-refractivity contribution >= 4 is 11.0 Å². The molecular formula is C14H15N3O. The van der Waals surface area contributed by atoms with E-state index in [1.165, 1.54) is 0 Å². The van der Waals surface area contributed by atoms with Crippen LogP contribution in [0.4, 0.5) is 0 Å². The molecule has 0 aliphatic heterocycles. The summed E-state index contributed by atoms with van der Waals surface area (Å²) in [5, 5.41) is 5.62. The molecule has 1 aromatic carbocycles. The van der Waals surface area contributed by atoms with Crippen molar-refractivity contribution in [3.8, 4) is 11.3 Å². The molecule has 4 heteroatoms. The van der Waals surface area contributed by atoms with Crippen molar-refractivity contribution in [1.82, 2.24) is 9.78 Å². The van der Waals surface area contributed by atoms with E-state index >= 15 is 0 Å². The number of hydrogen-bond acceptors (Lipinski definition) is 3. The van der Waals surface area contributed by atoms with Crippen LogP contribution in [-0.4, -0.2) is 16.3 Å². The van der Waals surface area contributed by atoms with Gasteiger partial charge >= 0.3 is 0 Å². The highest BCUT2D eigenvalue weighted by Gasteiger charge is 2.14. The lowest BCUT2D eigenvalue weighted by molar-refractivity contribution is 0.616. The van der Waals surface area contributed by atoms with Gasteiger partial charge in [-0.1, -0.05) is 18.2 Å². The van der Waals surface area contributed by atoms with Gasteiger partial charge in [0.05, 0.1) is 5.69 Å². The number of furan rings is 1. The van der Waals surface area contributed by atoms with Crippen LogP contribution >= 0.6 is 0 Å². The summed E-state index contributed by atoms with van der Waals surface area (Å²) in [6.07, 6.45) is 4.61.